The number of sulfone groups is 1. The summed E-state index contributed by atoms with van der Waals surface area (Å²) in [5.74, 6) is 0. The van der Waals surface area contributed by atoms with Crippen molar-refractivity contribution in [2.45, 2.75) is 36.8 Å². The molecule has 0 heterocycles. The van der Waals surface area contributed by atoms with Crippen molar-refractivity contribution in [2.75, 3.05) is 0 Å². The molecule has 0 aliphatic carbocycles. The Morgan fingerprint density at radius 2 is 1.69 bits per heavy atom. The van der Waals surface area contributed by atoms with Crippen LogP contribution >= 0.6 is 23.2 Å². The molecular formula is C11H14Cl2O2S. The predicted octanol–water partition coefficient (Wildman–Crippen LogP) is 3.71. The van der Waals surface area contributed by atoms with Gasteiger partial charge in [-0.25, -0.2) is 8.42 Å². The van der Waals surface area contributed by atoms with Gasteiger partial charge in [-0.05, 0) is 43.5 Å². The Labute approximate surface area is 106 Å². The Morgan fingerprint density at radius 1 is 1.25 bits per heavy atom. The van der Waals surface area contributed by atoms with E-state index in [0.29, 0.717) is 11.4 Å². The van der Waals surface area contributed by atoms with Crippen molar-refractivity contribution in [1.29, 1.82) is 0 Å². The van der Waals surface area contributed by atoms with Gasteiger partial charge in [-0.1, -0.05) is 18.5 Å². The van der Waals surface area contributed by atoms with E-state index in [2.05, 4.69) is 0 Å². The highest BCUT2D eigenvalue weighted by Gasteiger charge is 2.24. The summed E-state index contributed by atoms with van der Waals surface area (Å²) in [6.07, 6.45) is 0.380. The fraction of sp³-hybridized carbons (Fsp3) is 0.455. The summed E-state index contributed by atoms with van der Waals surface area (Å²) in [6.45, 7) is 5.30. The summed E-state index contributed by atoms with van der Waals surface area (Å²) < 4.78 is 23.1. The van der Waals surface area contributed by atoms with Gasteiger partial charge >= 0.3 is 0 Å². The summed E-state index contributed by atoms with van der Waals surface area (Å²) in [7, 11) is -3.44. The molecule has 0 aliphatic rings. The van der Waals surface area contributed by atoms with Crippen LogP contribution in [0.1, 0.15) is 24.5 Å². The van der Waals surface area contributed by atoms with Crippen LogP contribution in [0.15, 0.2) is 17.0 Å². The minimum absolute atomic E-state index is 0.244. The summed E-state index contributed by atoms with van der Waals surface area (Å²) in [5, 5.41) is 0.599. The van der Waals surface area contributed by atoms with E-state index in [4.69, 9.17) is 23.2 Å². The quantitative estimate of drug-likeness (QED) is 0.791. The monoisotopic (exact) mass is 280 g/mol. The van der Waals surface area contributed by atoms with Crippen LogP contribution in [0.2, 0.25) is 5.02 Å². The maximum atomic E-state index is 12.0. The van der Waals surface area contributed by atoms with Crippen LogP contribution in [0.5, 0.6) is 0 Å². The van der Waals surface area contributed by atoms with Gasteiger partial charge < -0.3 is 0 Å². The van der Waals surface area contributed by atoms with E-state index < -0.39 is 14.5 Å². The highest BCUT2D eigenvalue weighted by Crippen LogP contribution is 2.28. The van der Waals surface area contributed by atoms with Crippen molar-refractivity contribution in [3.05, 3.63) is 28.3 Å². The molecule has 0 radical (unpaired) electrons. The zero-order chi connectivity index (χ0) is 12.5. The SMILES string of the molecule is CCC(Cl)S(=O)(=O)c1cc(C)c(Cl)c(C)c1. The van der Waals surface area contributed by atoms with Gasteiger partial charge in [-0.2, -0.15) is 0 Å². The average molecular weight is 281 g/mol. The average Bonchev–Trinajstić information content (AvgIpc) is 2.23. The molecule has 16 heavy (non-hydrogen) atoms. The Balaban J connectivity index is 3.36. The van der Waals surface area contributed by atoms with Crippen LogP contribution in [0.4, 0.5) is 0 Å². The molecule has 1 rings (SSSR count). The maximum absolute atomic E-state index is 12.0. The van der Waals surface area contributed by atoms with Crippen LogP contribution in [0, 0.1) is 13.8 Å². The molecule has 1 atom stereocenters. The molecule has 0 fully saturated rings. The maximum Gasteiger partial charge on any atom is 0.195 e. The third-order valence-corrected chi connectivity index (χ3v) is 5.90. The van der Waals surface area contributed by atoms with Crippen molar-refractivity contribution in [2.24, 2.45) is 0 Å². The number of aryl methyl sites for hydroxylation is 2. The third-order valence-electron chi connectivity index (χ3n) is 2.40. The zero-order valence-electron chi connectivity index (χ0n) is 9.42. The van der Waals surface area contributed by atoms with Crippen molar-refractivity contribution in [3.63, 3.8) is 0 Å². The van der Waals surface area contributed by atoms with Gasteiger partial charge in [0.15, 0.2) is 9.84 Å². The van der Waals surface area contributed by atoms with Crippen LogP contribution in [-0.4, -0.2) is 13.1 Å². The Morgan fingerprint density at radius 3 is 2.06 bits per heavy atom. The molecule has 0 amide bonds. The number of hydrogen-bond donors (Lipinski definition) is 0. The molecule has 0 saturated heterocycles. The second-order valence-corrected chi connectivity index (χ2v) is 7.03. The molecule has 0 spiro atoms. The number of halogens is 2. The van der Waals surface area contributed by atoms with E-state index in [9.17, 15) is 8.42 Å². The molecule has 90 valence electrons. The van der Waals surface area contributed by atoms with Crippen molar-refractivity contribution in [1.82, 2.24) is 0 Å². The lowest BCUT2D eigenvalue weighted by Crippen LogP contribution is -2.14. The molecular weight excluding hydrogens is 267 g/mol. The minimum Gasteiger partial charge on any atom is -0.222 e. The van der Waals surface area contributed by atoms with Crippen molar-refractivity contribution >= 4 is 33.0 Å². The highest BCUT2D eigenvalue weighted by molar-refractivity contribution is 7.93. The number of alkyl halides is 1. The molecule has 1 aromatic rings. The van der Waals surface area contributed by atoms with E-state index in [1.807, 2.05) is 0 Å². The van der Waals surface area contributed by atoms with Crippen LogP contribution in [-0.2, 0) is 9.84 Å². The summed E-state index contributed by atoms with van der Waals surface area (Å²) in [5.41, 5.74) is 1.50. The Bertz CT molecular complexity index is 472. The van der Waals surface area contributed by atoms with Gasteiger partial charge in [-0.3, -0.25) is 0 Å². The summed E-state index contributed by atoms with van der Waals surface area (Å²) >= 11 is 11.8. The first kappa shape index (κ1) is 13.8. The zero-order valence-corrected chi connectivity index (χ0v) is 11.7. The van der Waals surface area contributed by atoms with Gasteiger partial charge in [0, 0.05) is 5.02 Å². The van der Waals surface area contributed by atoms with Crippen molar-refractivity contribution < 1.29 is 8.42 Å². The smallest absolute Gasteiger partial charge is 0.195 e. The van der Waals surface area contributed by atoms with Gasteiger partial charge in [0.05, 0.1) is 4.90 Å². The summed E-state index contributed by atoms with van der Waals surface area (Å²) in [4.78, 5) is 0.244. The topological polar surface area (TPSA) is 34.1 Å². The first-order chi connectivity index (χ1) is 7.30. The van der Waals surface area contributed by atoms with E-state index in [1.165, 1.54) is 0 Å². The lowest BCUT2D eigenvalue weighted by atomic mass is 10.2. The van der Waals surface area contributed by atoms with Gasteiger partial charge in [-0.15, -0.1) is 11.6 Å². The fourth-order valence-electron chi connectivity index (χ4n) is 1.44. The molecule has 2 nitrogen and oxygen atoms in total. The largest absolute Gasteiger partial charge is 0.222 e. The number of benzene rings is 1. The van der Waals surface area contributed by atoms with Gasteiger partial charge in [0.2, 0.25) is 0 Å². The van der Waals surface area contributed by atoms with E-state index in [-0.39, 0.29) is 4.90 Å². The Hall–Kier alpha value is -0.250. The molecule has 0 N–H and O–H groups in total. The van der Waals surface area contributed by atoms with Gasteiger partial charge in [0.25, 0.3) is 0 Å². The molecule has 0 aliphatic heterocycles. The second-order valence-electron chi connectivity index (χ2n) is 3.73. The lowest BCUT2D eigenvalue weighted by Gasteiger charge is -2.11. The lowest BCUT2D eigenvalue weighted by molar-refractivity contribution is 0.590. The third kappa shape index (κ3) is 2.53. The standard InChI is InChI=1S/C11H14Cl2O2S/c1-4-10(12)16(14,15)9-5-7(2)11(13)8(3)6-9/h5-6,10H,4H2,1-3H3. The highest BCUT2D eigenvalue weighted by atomic mass is 35.5. The molecule has 5 heteroatoms. The van der Waals surface area contributed by atoms with Crippen molar-refractivity contribution in [3.8, 4) is 0 Å². The molecule has 0 saturated carbocycles. The first-order valence-electron chi connectivity index (χ1n) is 4.95. The van der Waals surface area contributed by atoms with Crippen LogP contribution in [0.3, 0.4) is 0 Å². The molecule has 0 bridgehead atoms. The second kappa shape index (κ2) is 4.94. The molecule has 1 aromatic carbocycles. The first-order valence-corrected chi connectivity index (χ1v) is 7.31. The van der Waals surface area contributed by atoms with Crippen LogP contribution < -0.4 is 0 Å². The number of rotatable bonds is 3. The molecule has 0 aromatic heterocycles. The summed E-state index contributed by atoms with van der Waals surface area (Å²) in [6, 6.07) is 3.13. The minimum atomic E-state index is -3.44. The van der Waals surface area contributed by atoms with E-state index >= 15 is 0 Å². The Kier molecular flexibility index (Phi) is 4.27. The molecule has 1 unspecified atom stereocenters. The van der Waals surface area contributed by atoms with Crippen LogP contribution in [0.25, 0.3) is 0 Å². The fourth-order valence-corrected chi connectivity index (χ4v) is 3.27. The normalized spacial score (nSPS) is 13.8. The predicted molar refractivity (Wildman–Crippen MR) is 68.0 cm³/mol. The van der Waals surface area contributed by atoms with E-state index in [1.54, 1.807) is 32.9 Å². The van der Waals surface area contributed by atoms with E-state index in [0.717, 1.165) is 11.1 Å². The number of hydrogen-bond acceptors (Lipinski definition) is 2. The van der Waals surface area contributed by atoms with Gasteiger partial charge in [0.1, 0.15) is 4.71 Å².